The molecule has 26 heavy (non-hydrogen) atoms. The molecule has 1 heterocycles. The monoisotopic (exact) mass is 422 g/mol. The zero-order chi connectivity index (χ0) is 19.2. The van der Waals surface area contributed by atoms with Crippen LogP contribution in [0, 0.1) is 5.92 Å². The number of rotatable bonds is 8. The largest absolute Gasteiger partial charge is 0.460 e. The van der Waals surface area contributed by atoms with Crippen molar-refractivity contribution >= 4 is 21.9 Å². The van der Waals surface area contributed by atoms with Crippen LogP contribution in [-0.4, -0.2) is 32.2 Å². The average Bonchev–Trinajstić information content (AvgIpc) is 3.08. The van der Waals surface area contributed by atoms with Gasteiger partial charge in [0.25, 0.3) is 0 Å². The first-order chi connectivity index (χ1) is 12.3. The number of aromatic nitrogens is 4. The number of tetrazole rings is 1. The molecule has 142 valence electrons. The Labute approximate surface area is 163 Å². The lowest BCUT2D eigenvalue weighted by molar-refractivity contribution is -0.161. The smallest absolute Gasteiger partial charge is 0.310 e. The number of aromatic amines is 1. The number of ether oxygens (including phenoxy) is 1. The third-order valence-electron chi connectivity index (χ3n) is 4.13. The van der Waals surface area contributed by atoms with Crippen LogP contribution in [0.4, 0.5) is 0 Å². The van der Waals surface area contributed by atoms with Gasteiger partial charge < -0.3 is 4.74 Å². The topological polar surface area (TPSA) is 80.8 Å². The van der Waals surface area contributed by atoms with E-state index in [0.717, 1.165) is 29.3 Å². The first-order valence-corrected chi connectivity index (χ1v) is 9.80. The molecule has 0 fully saturated rings. The Hall–Kier alpha value is -1.76. The molecule has 1 aromatic heterocycles. The molecule has 1 N–H and O–H groups in total. The number of halogens is 1. The second kappa shape index (κ2) is 9.26. The summed E-state index contributed by atoms with van der Waals surface area (Å²) in [5.74, 6) is -0.135. The molecule has 1 unspecified atom stereocenters. The highest BCUT2D eigenvalue weighted by Crippen LogP contribution is 2.32. The minimum atomic E-state index is -0.527. The average molecular weight is 423 g/mol. The highest BCUT2D eigenvalue weighted by atomic mass is 79.9. The Morgan fingerprint density at radius 2 is 1.96 bits per heavy atom. The second-order valence-electron chi connectivity index (χ2n) is 7.49. The van der Waals surface area contributed by atoms with E-state index in [9.17, 15) is 4.79 Å². The van der Waals surface area contributed by atoms with Gasteiger partial charge in [-0.1, -0.05) is 53.0 Å². The molecule has 2 rings (SSSR count). The molecule has 2 aromatic rings. The number of hydrogen-bond acceptors (Lipinski definition) is 5. The van der Waals surface area contributed by atoms with Crippen molar-refractivity contribution in [3.63, 3.8) is 0 Å². The fraction of sp³-hybridized carbons (Fsp3) is 0.579. The first kappa shape index (κ1) is 20.6. The minimum absolute atomic E-state index is 0.184. The fourth-order valence-electron chi connectivity index (χ4n) is 2.90. The third kappa shape index (κ3) is 6.20. The van der Waals surface area contributed by atoms with Crippen molar-refractivity contribution in [2.24, 2.45) is 5.92 Å². The number of benzene rings is 1. The number of unbranched alkanes of at least 4 members (excludes halogenated alkanes) is 1. The van der Waals surface area contributed by atoms with E-state index in [1.165, 1.54) is 0 Å². The van der Waals surface area contributed by atoms with E-state index in [0.29, 0.717) is 12.2 Å². The van der Waals surface area contributed by atoms with Crippen molar-refractivity contribution in [1.82, 2.24) is 20.6 Å². The van der Waals surface area contributed by atoms with Crippen LogP contribution in [0.2, 0.25) is 0 Å². The lowest BCUT2D eigenvalue weighted by Crippen LogP contribution is -2.33. The quantitative estimate of drug-likeness (QED) is 0.635. The molecular formula is C19H27BrN4O2. The molecule has 0 aliphatic heterocycles. The molecular weight excluding hydrogens is 396 g/mol. The molecule has 0 aliphatic rings. The summed E-state index contributed by atoms with van der Waals surface area (Å²) in [6.07, 6.45) is 3.34. The predicted molar refractivity (Wildman–Crippen MR) is 104 cm³/mol. The summed E-state index contributed by atoms with van der Waals surface area (Å²) >= 11 is 3.46. The summed E-state index contributed by atoms with van der Waals surface area (Å²) in [6, 6.07) is 8.08. The highest BCUT2D eigenvalue weighted by molar-refractivity contribution is 9.10. The van der Waals surface area contributed by atoms with Crippen LogP contribution >= 0.6 is 15.9 Å². The lowest BCUT2D eigenvalue weighted by Gasteiger charge is -2.28. The van der Waals surface area contributed by atoms with Crippen LogP contribution in [0.3, 0.4) is 0 Å². The maximum Gasteiger partial charge on any atom is 0.310 e. The van der Waals surface area contributed by atoms with Crippen molar-refractivity contribution in [2.45, 2.75) is 64.9 Å². The molecule has 7 heteroatoms. The van der Waals surface area contributed by atoms with E-state index in [4.69, 9.17) is 4.74 Å². The molecule has 0 radical (unpaired) electrons. The van der Waals surface area contributed by atoms with Gasteiger partial charge in [0.2, 0.25) is 0 Å². The summed E-state index contributed by atoms with van der Waals surface area (Å²) in [6.45, 7) is 7.78. The normalized spacial score (nSPS) is 14.0. The van der Waals surface area contributed by atoms with E-state index in [1.807, 2.05) is 45.0 Å². The van der Waals surface area contributed by atoms with Gasteiger partial charge in [-0.2, -0.15) is 5.21 Å². The number of nitrogens with zero attached hydrogens (tertiary/aromatic N) is 3. The summed E-state index contributed by atoms with van der Waals surface area (Å²) in [7, 11) is 0. The fourth-order valence-corrected chi connectivity index (χ4v) is 3.16. The Bertz CT molecular complexity index is 681. The van der Waals surface area contributed by atoms with Crippen molar-refractivity contribution in [2.75, 3.05) is 0 Å². The molecule has 1 aromatic carbocycles. The van der Waals surface area contributed by atoms with E-state index in [1.54, 1.807) is 0 Å². The van der Waals surface area contributed by atoms with E-state index in [-0.39, 0.29) is 17.8 Å². The molecule has 2 atom stereocenters. The number of carbonyl (C=O) groups excluding carboxylic acids is 1. The zero-order valence-electron chi connectivity index (χ0n) is 15.8. The molecule has 6 nitrogen and oxygen atoms in total. The van der Waals surface area contributed by atoms with Gasteiger partial charge in [-0.15, -0.1) is 10.2 Å². The number of carbonyl (C=O) groups is 1. The van der Waals surface area contributed by atoms with E-state index >= 15 is 0 Å². The van der Waals surface area contributed by atoms with Crippen molar-refractivity contribution < 1.29 is 9.53 Å². The molecule has 0 bridgehead atoms. The summed E-state index contributed by atoms with van der Waals surface area (Å²) < 4.78 is 6.72. The van der Waals surface area contributed by atoms with Crippen LogP contribution < -0.4 is 0 Å². The predicted octanol–water partition coefficient (Wildman–Crippen LogP) is 4.44. The van der Waals surface area contributed by atoms with E-state index < -0.39 is 5.60 Å². The Kier molecular flexibility index (Phi) is 7.32. The molecule has 0 saturated heterocycles. The molecule has 0 aliphatic carbocycles. The molecule has 0 spiro atoms. The van der Waals surface area contributed by atoms with Gasteiger partial charge >= 0.3 is 5.97 Å². The van der Waals surface area contributed by atoms with Gasteiger partial charge in [-0.25, -0.2) is 0 Å². The van der Waals surface area contributed by atoms with Crippen molar-refractivity contribution in [3.05, 3.63) is 40.1 Å². The van der Waals surface area contributed by atoms with Gasteiger partial charge in [-0.05, 0) is 51.3 Å². The summed E-state index contributed by atoms with van der Waals surface area (Å²) in [5.41, 5.74) is 0.592. The second-order valence-corrected chi connectivity index (χ2v) is 8.40. The van der Waals surface area contributed by atoms with Crippen LogP contribution in [-0.2, 0) is 16.0 Å². The van der Waals surface area contributed by atoms with Crippen LogP contribution in [0.5, 0.6) is 0 Å². The van der Waals surface area contributed by atoms with Crippen LogP contribution in [0.25, 0.3) is 0 Å². The minimum Gasteiger partial charge on any atom is -0.460 e. The Morgan fingerprint density at radius 1 is 1.27 bits per heavy atom. The number of H-pyrrole nitrogens is 1. The lowest BCUT2D eigenvalue weighted by atomic mass is 9.83. The van der Waals surface area contributed by atoms with Crippen molar-refractivity contribution in [3.8, 4) is 0 Å². The maximum atomic E-state index is 12.9. The maximum absolute atomic E-state index is 12.9. The van der Waals surface area contributed by atoms with Crippen LogP contribution in [0.15, 0.2) is 28.7 Å². The Morgan fingerprint density at radius 3 is 2.50 bits per heavy atom. The van der Waals surface area contributed by atoms with E-state index in [2.05, 4.69) is 43.5 Å². The van der Waals surface area contributed by atoms with Gasteiger partial charge in [0.15, 0.2) is 5.82 Å². The van der Waals surface area contributed by atoms with Crippen LogP contribution in [0.1, 0.15) is 64.3 Å². The number of hydrogen-bond donors (Lipinski definition) is 1. The standard InChI is InChI=1S/C19H27BrN4O2/c1-5-6-7-15(18(25)26-19(2,3)4)16(17-21-23-24-22-17)12-13-8-10-14(20)11-9-13/h8-11,15-16H,5-7,12H2,1-4H3,(H,21,22,23,24)/t15?,16-/m1/s1. The first-order valence-electron chi connectivity index (χ1n) is 9.00. The zero-order valence-corrected chi connectivity index (χ0v) is 17.4. The highest BCUT2D eigenvalue weighted by Gasteiger charge is 2.35. The van der Waals surface area contributed by atoms with Gasteiger partial charge in [-0.3, -0.25) is 4.79 Å². The van der Waals surface area contributed by atoms with Crippen molar-refractivity contribution in [1.29, 1.82) is 0 Å². The van der Waals surface area contributed by atoms with Gasteiger partial charge in [0, 0.05) is 10.4 Å². The summed E-state index contributed by atoms with van der Waals surface area (Å²) in [5, 5.41) is 14.6. The third-order valence-corrected chi connectivity index (χ3v) is 4.65. The number of esters is 1. The SMILES string of the molecule is CCCCC(C(=O)OC(C)(C)C)[C@@H](Cc1ccc(Br)cc1)c1nn[nH]n1. The van der Waals surface area contributed by atoms with Gasteiger partial charge in [0.05, 0.1) is 5.92 Å². The summed E-state index contributed by atoms with van der Waals surface area (Å²) in [4.78, 5) is 12.9. The van der Waals surface area contributed by atoms with Gasteiger partial charge in [0.1, 0.15) is 5.60 Å². The Balaban J connectivity index is 2.31. The molecule has 0 amide bonds. The molecule has 0 saturated carbocycles. The number of nitrogens with one attached hydrogen (secondary N) is 1.